The number of nitrogens with one attached hydrogen (secondary N) is 1. The fourth-order valence-corrected chi connectivity index (χ4v) is 3.70. The standard InChI is InChI=1S/C16H32N2O/c1-4-13(5-2)10-15(17-6-3)16-11-18-9-7-8-14(18)12-19-16/h13-17H,4-12H2,1-3H3. The quantitative estimate of drug-likeness (QED) is 0.768. The molecule has 3 heteroatoms. The first-order valence-corrected chi connectivity index (χ1v) is 8.37. The molecular weight excluding hydrogens is 236 g/mol. The topological polar surface area (TPSA) is 24.5 Å². The molecule has 0 aromatic heterocycles. The number of ether oxygens (including phenoxy) is 1. The second-order valence-corrected chi connectivity index (χ2v) is 6.25. The van der Waals surface area contributed by atoms with Gasteiger partial charge in [-0.05, 0) is 38.3 Å². The molecule has 0 aromatic carbocycles. The maximum atomic E-state index is 6.19. The fourth-order valence-electron chi connectivity index (χ4n) is 3.70. The molecule has 2 heterocycles. The Morgan fingerprint density at radius 2 is 2.05 bits per heavy atom. The van der Waals surface area contributed by atoms with Crippen LogP contribution in [0, 0.1) is 5.92 Å². The Bertz CT molecular complexity index is 255. The Morgan fingerprint density at radius 3 is 2.74 bits per heavy atom. The fraction of sp³-hybridized carbons (Fsp3) is 1.00. The Kier molecular flexibility index (Phi) is 6.11. The van der Waals surface area contributed by atoms with E-state index in [0.29, 0.717) is 18.2 Å². The van der Waals surface area contributed by atoms with E-state index in [1.54, 1.807) is 0 Å². The van der Waals surface area contributed by atoms with Crippen LogP contribution >= 0.6 is 0 Å². The van der Waals surface area contributed by atoms with Crippen LogP contribution in [0.25, 0.3) is 0 Å². The van der Waals surface area contributed by atoms with Gasteiger partial charge in [0.1, 0.15) is 0 Å². The van der Waals surface area contributed by atoms with Crippen molar-refractivity contribution in [3.8, 4) is 0 Å². The third-order valence-electron chi connectivity index (χ3n) is 5.07. The molecule has 3 unspecified atom stereocenters. The van der Waals surface area contributed by atoms with Gasteiger partial charge in [0.25, 0.3) is 0 Å². The van der Waals surface area contributed by atoms with Crippen molar-refractivity contribution in [2.75, 3.05) is 26.2 Å². The molecule has 0 bridgehead atoms. The highest BCUT2D eigenvalue weighted by atomic mass is 16.5. The van der Waals surface area contributed by atoms with Gasteiger partial charge in [0.2, 0.25) is 0 Å². The number of hydrogen-bond acceptors (Lipinski definition) is 3. The second-order valence-electron chi connectivity index (χ2n) is 6.25. The number of rotatable bonds is 7. The maximum absolute atomic E-state index is 6.19. The summed E-state index contributed by atoms with van der Waals surface area (Å²) in [5, 5.41) is 3.68. The highest BCUT2D eigenvalue weighted by Gasteiger charge is 2.35. The monoisotopic (exact) mass is 268 g/mol. The van der Waals surface area contributed by atoms with E-state index in [9.17, 15) is 0 Å². The van der Waals surface area contributed by atoms with Gasteiger partial charge in [0.15, 0.2) is 0 Å². The summed E-state index contributed by atoms with van der Waals surface area (Å²) in [7, 11) is 0. The van der Waals surface area contributed by atoms with Crippen LogP contribution in [0.3, 0.4) is 0 Å². The summed E-state index contributed by atoms with van der Waals surface area (Å²) in [5.41, 5.74) is 0. The molecule has 2 rings (SSSR count). The second kappa shape index (κ2) is 7.61. The van der Waals surface area contributed by atoms with E-state index in [0.717, 1.165) is 25.6 Å². The molecule has 2 fully saturated rings. The van der Waals surface area contributed by atoms with E-state index < -0.39 is 0 Å². The van der Waals surface area contributed by atoms with Crippen molar-refractivity contribution in [3.63, 3.8) is 0 Å². The van der Waals surface area contributed by atoms with Gasteiger partial charge < -0.3 is 10.1 Å². The minimum absolute atomic E-state index is 0.398. The predicted octanol–water partition coefficient (Wildman–Crippen LogP) is 2.65. The first-order valence-electron chi connectivity index (χ1n) is 8.37. The normalized spacial score (nSPS) is 29.7. The summed E-state index contributed by atoms with van der Waals surface area (Å²) in [6.45, 7) is 11.3. The van der Waals surface area contributed by atoms with Crippen LogP contribution in [-0.2, 0) is 4.74 Å². The molecule has 2 saturated heterocycles. The lowest BCUT2D eigenvalue weighted by Crippen LogP contribution is -2.54. The summed E-state index contributed by atoms with van der Waals surface area (Å²) in [5.74, 6) is 0.837. The summed E-state index contributed by atoms with van der Waals surface area (Å²) in [6.07, 6.45) is 6.94. The largest absolute Gasteiger partial charge is 0.374 e. The molecule has 1 N–H and O–H groups in total. The van der Waals surface area contributed by atoms with Gasteiger partial charge in [0.05, 0.1) is 12.7 Å². The van der Waals surface area contributed by atoms with Crippen LogP contribution in [0.4, 0.5) is 0 Å². The van der Waals surface area contributed by atoms with Crippen molar-refractivity contribution in [1.82, 2.24) is 10.2 Å². The molecular formula is C16H32N2O. The lowest BCUT2D eigenvalue weighted by molar-refractivity contribution is -0.0675. The molecule has 3 nitrogen and oxygen atoms in total. The lowest BCUT2D eigenvalue weighted by Gasteiger charge is -2.40. The van der Waals surface area contributed by atoms with Crippen LogP contribution in [0.15, 0.2) is 0 Å². The van der Waals surface area contributed by atoms with Gasteiger partial charge in [-0.1, -0.05) is 33.6 Å². The van der Waals surface area contributed by atoms with Crippen molar-refractivity contribution in [3.05, 3.63) is 0 Å². The molecule has 112 valence electrons. The summed E-state index contributed by atoms with van der Waals surface area (Å²) in [4.78, 5) is 2.66. The highest BCUT2D eigenvalue weighted by molar-refractivity contribution is 4.90. The SMILES string of the molecule is CCNC(CC(CC)CC)C1CN2CCCC2CO1. The van der Waals surface area contributed by atoms with E-state index in [-0.39, 0.29) is 0 Å². The van der Waals surface area contributed by atoms with Crippen LogP contribution < -0.4 is 5.32 Å². The third-order valence-corrected chi connectivity index (χ3v) is 5.07. The van der Waals surface area contributed by atoms with E-state index in [1.807, 2.05) is 0 Å². The van der Waals surface area contributed by atoms with E-state index >= 15 is 0 Å². The Morgan fingerprint density at radius 1 is 1.26 bits per heavy atom. The van der Waals surface area contributed by atoms with Gasteiger partial charge in [-0.15, -0.1) is 0 Å². The first-order chi connectivity index (χ1) is 9.28. The Labute approximate surface area is 119 Å². The molecule has 2 aliphatic heterocycles. The molecule has 0 spiro atoms. The molecule has 0 aromatic rings. The van der Waals surface area contributed by atoms with E-state index in [2.05, 4.69) is 31.0 Å². The van der Waals surface area contributed by atoms with Crippen LogP contribution in [0.2, 0.25) is 0 Å². The lowest BCUT2D eigenvalue weighted by atomic mass is 9.91. The molecule has 0 saturated carbocycles. The van der Waals surface area contributed by atoms with Crippen molar-refractivity contribution in [2.45, 2.75) is 71.1 Å². The third kappa shape index (κ3) is 3.93. The molecule has 0 amide bonds. The van der Waals surface area contributed by atoms with Gasteiger partial charge in [-0.3, -0.25) is 4.90 Å². The van der Waals surface area contributed by atoms with Crippen molar-refractivity contribution in [1.29, 1.82) is 0 Å². The number of fused-ring (bicyclic) bond motifs is 1. The molecule has 19 heavy (non-hydrogen) atoms. The number of nitrogens with zero attached hydrogens (tertiary/aromatic N) is 1. The predicted molar refractivity (Wildman–Crippen MR) is 80.5 cm³/mol. The average molecular weight is 268 g/mol. The maximum Gasteiger partial charge on any atom is 0.0855 e. The number of likely N-dealkylation sites (N-methyl/N-ethyl adjacent to an activating group) is 1. The summed E-state index contributed by atoms with van der Waals surface area (Å²) in [6, 6.07) is 1.25. The molecule has 3 atom stereocenters. The van der Waals surface area contributed by atoms with Crippen LogP contribution in [0.5, 0.6) is 0 Å². The molecule has 0 radical (unpaired) electrons. The highest BCUT2D eigenvalue weighted by Crippen LogP contribution is 2.26. The zero-order chi connectivity index (χ0) is 13.7. The smallest absolute Gasteiger partial charge is 0.0855 e. The average Bonchev–Trinajstić information content (AvgIpc) is 2.90. The Balaban J connectivity index is 1.90. The van der Waals surface area contributed by atoms with Gasteiger partial charge in [-0.2, -0.15) is 0 Å². The number of morpholine rings is 1. The van der Waals surface area contributed by atoms with Crippen LogP contribution in [-0.4, -0.2) is 49.3 Å². The zero-order valence-electron chi connectivity index (χ0n) is 13.0. The van der Waals surface area contributed by atoms with Crippen molar-refractivity contribution in [2.24, 2.45) is 5.92 Å². The van der Waals surface area contributed by atoms with Crippen molar-refractivity contribution < 1.29 is 4.74 Å². The van der Waals surface area contributed by atoms with Crippen LogP contribution in [0.1, 0.15) is 52.9 Å². The van der Waals surface area contributed by atoms with Gasteiger partial charge in [0, 0.05) is 18.6 Å². The summed E-state index contributed by atoms with van der Waals surface area (Å²) < 4.78 is 6.19. The van der Waals surface area contributed by atoms with E-state index in [4.69, 9.17) is 4.74 Å². The van der Waals surface area contributed by atoms with Crippen molar-refractivity contribution >= 4 is 0 Å². The minimum Gasteiger partial charge on any atom is -0.374 e. The van der Waals surface area contributed by atoms with Gasteiger partial charge >= 0.3 is 0 Å². The van der Waals surface area contributed by atoms with E-state index in [1.165, 1.54) is 38.6 Å². The molecule has 2 aliphatic rings. The minimum atomic E-state index is 0.398. The first kappa shape index (κ1) is 15.3. The zero-order valence-corrected chi connectivity index (χ0v) is 13.0. The summed E-state index contributed by atoms with van der Waals surface area (Å²) >= 11 is 0. The Hall–Kier alpha value is -0.120. The molecule has 0 aliphatic carbocycles. The number of hydrogen-bond donors (Lipinski definition) is 1. The van der Waals surface area contributed by atoms with Gasteiger partial charge in [-0.25, -0.2) is 0 Å².